The van der Waals surface area contributed by atoms with Crippen LogP contribution in [0.2, 0.25) is 0 Å². The fraction of sp³-hybridized carbons (Fsp3) is 0.227. The highest BCUT2D eigenvalue weighted by atomic mass is 32.1. The summed E-state index contributed by atoms with van der Waals surface area (Å²) in [5.74, 6) is -0.161. The number of anilines is 1. The van der Waals surface area contributed by atoms with Crippen LogP contribution in [-0.4, -0.2) is 29.1 Å². The molecule has 0 aliphatic heterocycles. The highest BCUT2D eigenvalue weighted by molar-refractivity contribution is 7.80. The maximum atomic E-state index is 12.8. The second-order valence-corrected chi connectivity index (χ2v) is 8.83. The molecule has 0 saturated heterocycles. The molecule has 2 aromatic heterocycles. The number of thiol groups is 1. The molecule has 0 saturated carbocycles. The van der Waals surface area contributed by atoms with Crippen molar-refractivity contribution < 1.29 is 4.79 Å². The van der Waals surface area contributed by atoms with Crippen molar-refractivity contribution >= 4 is 56.7 Å². The second-order valence-electron chi connectivity index (χ2n) is 7.15. The van der Waals surface area contributed by atoms with Crippen LogP contribution >= 0.6 is 24.0 Å². The van der Waals surface area contributed by atoms with Gasteiger partial charge in [0.2, 0.25) is 0 Å². The van der Waals surface area contributed by atoms with E-state index >= 15 is 0 Å². The molecule has 0 fully saturated rings. The van der Waals surface area contributed by atoms with Gasteiger partial charge in [-0.05, 0) is 44.5 Å². The number of hydrogen-bond donors (Lipinski definition) is 2. The number of aromatic nitrogens is 2. The third-order valence-corrected chi connectivity index (χ3v) is 6.40. The first-order chi connectivity index (χ1) is 13.8. The highest BCUT2D eigenvalue weighted by Crippen LogP contribution is 2.37. The van der Waals surface area contributed by atoms with Crippen molar-refractivity contribution in [2.75, 3.05) is 11.9 Å². The molecule has 1 amide bonds. The molecular weight excluding hydrogens is 400 g/mol. The van der Waals surface area contributed by atoms with Crippen molar-refractivity contribution in [2.45, 2.75) is 31.8 Å². The van der Waals surface area contributed by atoms with Gasteiger partial charge in [0, 0.05) is 18.6 Å². The van der Waals surface area contributed by atoms with E-state index in [0.717, 1.165) is 42.3 Å². The summed E-state index contributed by atoms with van der Waals surface area (Å²) in [5, 5.41) is 5.02. The van der Waals surface area contributed by atoms with Gasteiger partial charge in [-0.25, -0.2) is 4.98 Å². The number of rotatable bonds is 4. The Morgan fingerprint density at radius 3 is 2.79 bits per heavy atom. The number of carbonyl (C=O) groups is 1. The van der Waals surface area contributed by atoms with Gasteiger partial charge in [-0.15, -0.1) is 24.0 Å². The van der Waals surface area contributed by atoms with E-state index < -0.39 is 0 Å². The molecule has 0 bridgehead atoms. The summed E-state index contributed by atoms with van der Waals surface area (Å²) in [4.78, 5) is 24.7. The minimum atomic E-state index is -0.240. The van der Waals surface area contributed by atoms with Gasteiger partial charge in [-0.3, -0.25) is 9.78 Å². The largest absolute Gasteiger partial charge is 0.353 e. The van der Waals surface area contributed by atoms with E-state index in [4.69, 9.17) is 12.6 Å². The Hall–Kier alpha value is -2.64. The Bertz CT molecular complexity index is 1230. The number of fused-ring (bicyclic) bond motifs is 2. The molecule has 0 aliphatic carbocycles. The van der Waals surface area contributed by atoms with Gasteiger partial charge in [0.25, 0.3) is 5.91 Å². The Labute approximate surface area is 179 Å². The zero-order chi connectivity index (χ0) is 20.7. The van der Waals surface area contributed by atoms with Crippen LogP contribution in [0.1, 0.15) is 27.9 Å². The van der Waals surface area contributed by atoms with Crippen LogP contribution in [0.25, 0.3) is 21.1 Å². The summed E-state index contributed by atoms with van der Waals surface area (Å²) in [6.45, 7) is 6.01. The van der Waals surface area contributed by atoms with Crippen LogP contribution in [-0.2, 0) is 0 Å². The van der Waals surface area contributed by atoms with Crippen molar-refractivity contribution in [3.8, 4) is 0 Å². The fourth-order valence-electron chi connectivity index (χ4n) is 3.48. The van der Waals surface area contributed by atoms with Gasteiger partial charge in [0.15, 0.2) is 0 Å². The van der Waals surface area contributed by atoms with E-state index in [1.165, 1.54) is 0 Å². The van der Waals surface area contributed by atoms with E-state index in [0.29, 0.717) is 5.56 Å². The fourth-order valence-corrected chi connectivity index (χ4v) is 4.99. The average molecular weight is 423 g/mol. The Morgan fingerprint density at radius 2 is 2.00 bits per heavy atom. The standard InChI is InChI=1S/C22H22N4OS2/c1-12-9-18-19(25-14(3)29-18)21(28)20(12)26(4)13(2)24-22(27)16-10-15-7-5-6-8-17(15)23-11-16/h5-11,13,28H,1-4H3,(H,24,27). The van der Waals surface area contributed by atoms with Gasteiger partial charge in [-0.2, -0.15) is 0 Å². The lowest BCUT2D eigenvalue weighted by Crippen LogP contribution is -2.44. The molecule has 2 aromatic carbocycles. The Balaban J connectivity index is 1.59. The monoisotopic (exact) mass is 422 g/mol. The minimum Gasteiger partial charge on any atom is -0.353 e. The molecule has 1 N–H and O–H groups in total. The van der Waals surface area contributed by atoms with Gasteiger partial charge < -0.3 is 10.2 Å². The molecule has 7 heteroatoms. The van der Waals surface area contributed by atoms with Crippen molar-refractivity contribution in [2.24, 2.45) is 0 Å². The predicted octanol–water partition coefficient (Wildman–Crippen LogP) is 4.96. The minimum absolute atomic E-state index is 0.161. The Kier molecular flexibility index (Phi) is 5.19. The molecule has 148 valence electrons. The van der Waals surface area contributed by atoms with Crippen LogP contribution < -0.4 is 10.2 Å². The first kappa shape index (κ1) is 19.7. The molecule has 5 nitrogen and oxygen atoms in total. The number of hydrogen-bond acceptors (Lipinski definition) is 6. The SMILES string of the molecule is Cc1nc2c(S)c(N(C)C(C)NC(=O)c3cnc4ccccc4c3)c(C)cc2s1. The van der Waals surface area contributed by atoms with Gasteiger partial charge in [-0.1, -0.05) is 18.2 Å². The number of nitrogens with zero attached hydrogens (tertiary/aromatic N) is 3. The summed E-state index contributed by atoms with van der Waals surface area (Å²) in [5.41, 5.74) is 4.38. The topological polar surface area (TPSA) is 58.1 Å². The number of benzene rings is 2. The van der Waals surface area contributed by atoms with E-state index in [1.54, 1.807) is 17.5 Å². The molecule has 1 atom stereocenters. The average Bonchev–Trinajstić information content (AvgIpc) is 3.07. The molecule has 1 unspecified atom stereocenters. The summed E-state index contributed by atoms with van der Waals surface area (Å²) in [6, 6.07) is 11.8. The van der Waals surface area contributed by atoms with Crippen LogP contribution in [0.3, 0.4) is 0 Å². The summed E-state index contributed by atoms with van der Waals surface area (Å²) < 4.78 is 1.13. The maximum Gasteiger partial charge on any atom is 0.254 e. The number of para-hydroxylation sites is 1. The van der Waals surface area contributed by atoms with Crippen molar-refractivity contribution in [1.82, 2.24) is 15.3 Å². The highest BCUT2D eigenvalue weighted by Gasteiger charge is 2.20. The first-order valence-electron chi connectivity index (χ1n) is 9.33. The summed E-state index contributed by atoms with van der Waals surface area (Å²) >= 11 is 6.42. The normalized spacial score (nSPS) is 12.3. The molecule has 29 heavy (non-hydrogen) atoms. The van der Waals surface area contributed by atoms with Crippen molar-refractivity contribution in [3.63, 3.8) is 0 Å². The zero-order valence-corrected chi connectivity index (χ0v) is 18.4. The summed E-state index contributed by atoms with van der Waals surface area (Å²) in [6.07, 6.45) is 1.37. The van der Waals surface area contributed by atoms with Crippen LogP contribution in [0.5, 0.6) is 0 Å². The molecule has 0 spiro atoms. The van der Waals surface area contributed by atoms with E-state index in [2.05, 4.69) is 28.3 Å². The van der Waals surface area contributed by atoms with Gasteiger partial charge in [0.1, 0.15) is 0 Å². The number of amides is 1. The second kappa shape index (κ2) is 7.65. The maximum absolute atomic E-state index is 12.8. The zero-order valence-electron chi connectivity index (χ0n) is 16.7. The molecular formula is C22H22N4OS2. The third-order valence-electron chi connectivity index (χ3n) is 5.06. The van der Waals surface area contributed by atoms with E-state index in [-0.39, 0.29) is 12.1 Å². The quantitative estimate of drug-likeness (QED) is 0.360. The Morgan fingerprint density at radius 1 is 1.24 bits per heavy atom. The van der Waals surface area contributed by atoms with E-state index in [1.807, 2.05) is 56.1 Å². The number of carbonyl (C=O) groups excluding carboxylic acids is 1. The smallest absolute Gasteiger partial charge is 0.254 e. The van der Waals surface area contributed by atoms with Crippen LogP contribution in [0, 0.1) is 13.8 Å². The predicted molar refractivity (Wildman–Crippen MR) is 123 cm³/mol. The van der Waals surface area contributed by atoms with Crippen molar-refractivity contribution in [3.05, 3.63) is 58.7 Å². The molecule has 0 radical (unpaired) electrons. The van der Waals surface area contributed by atoms with Gasteiger partial charge in [0.05, 0.1) is 43.1 Å². The van der Waals surface area contributed by atoms with Crippen LogP contribution in [0.4, 0.5) is 5.69 Å². The molecule has 4 rings (SSSR count). The molecule has 2 heterocycles. The lowest BCUT2D eigenvalue weighted by Gasteiger charge is -2.30. The number of thiazole rings is 1. The van der Waals surface area contributed by atoms with Crippen LogP contribution in [0.15, 0.2) is 47.5 Å². The number of nitrogens with one attached hydrogen (secondary N) is 1. The molecule has 4 aromatic rings. The number of aryl methyl sites for hydroxylation is 2. The summed E-state index contributed by atoms with van der Waals surface area (Å²) in [7, 11) is 1.96. The van der Waals surface area contributed by atoms with E-state index in [9.17, 15) is 4.79 Å². The van der Waals surface area contributed by atoms with Gasteiger partial charge >= 0.3 is 0 Å². The van der Waals surface area contributed by atoms with Crippen molar-refractivity contribution in [1.29, 1.82) is 0 Å². The first-order valence-corrected chi connectivity index (χ1v) is 10.6. The third kappa shape index (κ3) is 3.68. The lowest BCUT2D eigenvalue weighted by molar-refractivity contribution is 0.0939. The lowest BCUT2D eigenvalue weighted by atomic mass is 10.1. The molecule has 0 aliphatic rings. The number of pyridine rings is 1.